The molecule has 0 saturated carbocycles. The first kappa shape index (κ1) is 12.3. The van der Waals surface area contributed by atoms with Crippen LogP contribution in [0.4, 0.5) is 5.82 Å². The lowest BCUT2D eigenvalue weighted by Crippen LogP contribution is -2.17. The van der Waals surface area contributed by atoms with Gasteiger partial charge in [-0.15, -0.1) is 0 Å². The summed E-state index contributed by atoms with van der Waals surface area (Å²) in [6.07, 6.45) is 2.94. The fourth-order valence-corrected chi connectivity index (χ4v) is 2.45. The molecule has 0 aliphatic rings. The van der Waals surface area contributed by atoms with Gasteiger partial charge in [0.15, 0.2) is 5.82 Å². The molecular formula is C9H13ClN2O2S. The predicted octanol–water partition coefficient (Wildman–Crippen LogP) is 2.28. The van der Waals surface area contributed by atoms with Crippen molar-refractivity contribution < 1.29 is 8.42 Å². The Morgan fingerprint density at radius 3 is 2.87 bits per heavy atom. The summed E-state index contributed by atoms with van der Waals surface area (Å²) in [4.78, 5) is 3.85. The van der Waals surface area contributed by atoms with E-state index in [4.69, 9.17) is 11.6 Å². The highest BCUT2D eigenvalue weighted by molar-refractivity contribution is 7.92. The lowest BCUT2D eigenvalue weighted by molar-refractivity contribution is 0.597. The number of hydrogen-bond acceptors (Lipinski definition) is 3. The van der Waals surface area contributed by atoms with Crippen LogP contribution in [0.5, 0.6) is 0 Å². The molecule has 0 aliphatic carbocycles. The minimum atomic E-state index is -3.32. The molecule has 4 nitrogen and oxygen atoms in total. The highest BCUT2D eigenvalue weighted by atomic mass is 35.5. The van der Waals surface area contributed by atoms with Crippen LogP contribution in [-0.4, -0.2) is 19.2 Å². The maximum absolute atomic E-state index is 11.5. The van der Waals surface area contributed by atoms with Crippen LogP contribution in [0.1, 0.15) is 19.8 Å². The van der Waals surface area contributed by atoms with Crippen molar-refractivity contribution in [3.05, 3.63) is 23.4 Å². The van der Waals surface area contributed by atoms with Gasteiger partial charge < -0.3 is 0 Å². The van der Waals surface area contributed by atoms with Crippen molar-refractivity contribution in [3.63, 3.8) is 0 Å². The van der Waals surface area contributed by atoms with Gasteiger partial charge in [-0.3, -0.25) is 4.72 Å². The van der Waals surface area contributed by atoms with Crippen molar-refractivity contribution in [1.29, 1.82) is 0 Å². The van der Waals surface area contributed by atoms with Crippen LogP contribution in [0, 0.1) is 0 Å². The van der Waals surface area contributed by atoms with Gasteiger partial charge in [0.1, 0.15) is 0 Å². The monoisotopic (exact) mass is 248 g/mol. The van der Waals surface area contributed by atoms with Crippen LogP contribution >= 0.6 is 11.6 Å². The molecule has 0 spiro atoms. The molecule has 0 aliphatic heterocycles. The number of hydrogen-bond donors (Lipinski definition) is 1. The number of aromatic nitrogens is 1. The SMILES string of the molecule is CCCCS(=O)(=O)Nc1ncccc1Cl. The lowest BCUT2D eigenvalue weighted by Gasteiger charge is -2.07. The summed E-state index contributed by atoms with van der Waals surface area (Å²) in [5.41, 5.74) is 0. The number of unbranched alkanes of at least 4 members (excludes halogenated alkanes) is 1. The predicted molar refractivity (Wildman–Crippen MR) is 61.6 cm³/mol. The zero-order chi connectivity index (χ0) is 11.3. The van der Waals surface area contributed by atoms with Gasteiger partial charge in [0.05, 0.1) is 10.8 Å². The fourth-order valence-electron chi connectivity index (χ4n) is 0.993. The van der Waals surface area contributed by atoms with E-state index in [1.165, 1.54) is 6.20 Å². The second-order valence-corrected chi connectivity index (χ2v) is 5.36. The van der Waals surface area contributed by atoms with Gasteiger partial charge in [0, 0.05) is 6.20 Å². The van der Waals surface area contributed by atoms with Crippen LogP contribution < -0.4 is 4.72 Å². The first-order valence-corrected chi connectivity index (χ1v) is 6.69. The fraction of sp³-hybridized carbons (Fsp3) is 0.444. The Hall–Kier alpha value is -0.810. The van der Waals surface area contributed by atoms with Crippen molar-refractivity contribution in [2.24, 2.45) is 0 Å². The number of anilines is 1. The molecule has 1 aromatic rings. The molecule has 0 radical (unpaired) electrons. The van der Waals surface area contributed by atoms with Gasteiger partial charge in [-0.25, -0.2) is 13.4 Å². The molecule has 1 rings (SSSR count). The molecule has 1 heterocycles. The van der Waals surface area contributed by atoms with Gasteiger partial charge in [-0.05, 0) is 18.6 Å². The van der Waals surface area contributed by atoms with Gasteiger partial charge in [-0.2, -0.15) is 0 Å². The highest BCUT2D eigenvalue weighted by Gasteiger charge is 2.11. The van der Waals surface area contributed by atoms with Crippen LogP contribution in [0.3, 0.4) is 0 Å². The second-order valence-electron chi connectivity index (χ2n) is 3.11. The van der Waals surface area contributed by atoms with Crippen molar-refractivity contribution in [1.82, 2.24) is 4.98 Å². The minimum absolute atomic E-state index is 0.0937. The van der Waals surface area contributed by atoms with E-state index < -0.39 is 10.0 Å². The van der Waals surface area contributed by atoms with Crippen LogP contribution in [0.25, 0.3) is 0 Å². The largest absolute Gasteiger partial charge is 0.266 e. The summed E-state index contributed by atoms with van der Waals surface area (Å²) in [6.45, 7) is 1.93. The molecule has 0 saturated heterocycles. The molecular weight excluding hydrogens is 236 g/mol. The van der Waals surface area contributed by atoms with Crippen LogP contribution in [0.15, 0.2) is 18.3 Å². The molecule has 0 atom stereocenters. The van der Waals surface area contributed by atoms with Crippen molar-refractivity contribution in [2.45, 2.75) is 19.8 Å². The van der Waals surface area contributed by atoms with E-state index in [9.17, 15) is 8.42 Å². The van der Waals surface area contributed by atoms with Crippen molar-refractivity contribution in [3.8, 4) is 0 Å². The van der Waals surface area contributed by atoms with Crippen LogP contribution in [-0.2, 0) is 10.0 Å². The first-order chi connectivity index (χ1) is 7.05. The molecule has 15 heavy (non-hydrogen) atoms. The highest BCUT2D eigenvalue weighted by Crippen LogP contribution is 2.18. The summed E-state index contributed by atoms with van der Waals surface area (Å²) < 4.78 is 25.4. The summed E-state index contributed by atoms with van der Waals surface area (Å²) in [6, 6.07) is 3.23. The molecule has 0 amide bonds. The van der Waals surface area contributed by atoms with Crippen molar-refractivity contribution in [2.75, 3.05) is 10.5 Å². The quantitative estimate of drug-likeness (QED) is 0.870. The lowest BCUT2D eigenvalue weighted by atomic mass is 10.4. The van der Waals surface area contributed by atoms with E-state index in [2.05, 4.69) is 9.71 Å². The second kappa shape index (κ2) is 5.32. The maximum Gasteiger partial charge on any atom is 0.233 e. The summed E-state index contributed by atoms with van der Waals surface area (Å²) in [7, 11) is -3.32. The Bertz CT molecular complexity index is 420. The van der Waals surface area contributed by atoms with Crippen LogP contribution in [0.2, 0.25) is 5.02 Å². The molecule has 1 N–H and O–H groups in total. The number of nitrogens with zero attached hydrogens (tertiary/aromatic N) is 1. The summed E-state index contributed by atoms with van der Waals surface area (Å²) >= 11 is 5.77. The Balaban J connectivity index is 2.74. The average molecular weight is 249 g/mol. The molecule has 84 valence electrons. The normalized spacial score (nSPS) is 11.3. The summed E-state index contributed by atoms with van der Waals surface area (Å²) in [5, 5.41) is 0.303. The standard InChI is InChI=1S/C9H13ClN2O2S/c1-2-3-7-15(13,14)12-9-8(10)5-4-6-11-9/h4-6H,2-3,7H2,1H3,(H,11,12). The van der Waals surface area contributed by atoms with E-state index in [-0.39, 0.29) is 11.6 Å². The zero-order valence-corrected chi connectivity index (χ0v) is 9.98. The Morgan fingerprint density at radius 1 is 1.53 bits per heavy atom. The van der Waals surface area contributed by atoms with E-state index in [1.54, 1.807) is 12.1 Å². The maximum atomic E-state index is 11.5. The van der Waals surface area contributed by atoms with E-state index in [0.29, 0.717) is 11.4 Å². The summed E-state index contributed by atoms with van der Waals surface area (Å²) in [5.74, 6) is 0.284. The number of nitrogens with one attached hydrogen (secondary N) is 1. The third kappa shape index (κ3) is 4.05. The molecule has 6 heteroatoms. The van der Waals surface area contributed by atoms with Crippen molar-refractivity contribution >= 4 is 27.4 Å². The first-order valence-electron chi connectivity index (χ1n) is 4.66. The Labute approximate surface area is 94.7 Å². The Morgan fingerprint density at radius 2 is 2.27 bits per heavy atom. The van der Waals surface area contributed by atoms with E-state index in [1.807, 2.05) is 6.92 Å². The topological polar surface area (TPSA) is 59.1 Å². The van der Waals surface area contributed by atoms with Gasteiger partial charge >= 0.3 is 0 Å². The smallest absolute Gasteiger partial charge is 0.233 e. The molecule has 0 fully saturated rings. The number of halogens is 1. The number of sulfonamides is 1. The zero-order valence-electron chi connectivity index (χ0n) is 8.40. The average Bonchev–Trinajstić information content (AvgIpc) is 2.18. The number of rotatable bonds is 5. The van der Waals surface area contributed by atoms with E-state index >= 15 is 0 Å². The molecule has 0 aromatic carbocycles. The van der Waals surface area contributed by atoms with E-state index in [0.717, 1.165) is 6.42 Å². The third-order valence-corrected chi connectivity index (χ3v) is 3.41. The third-order valence-electron chi connectivity index (χ3n) is 1.78. The molecule has 0 unspecified atom stereocenters. The number of pyridine rings is 1. The van der Waals surface area contributed by atoms with Gasteiger partial charge in [0.25, 0.3) is 0 Å². The minimum Gasteiger partial charge on any atom is -0.266 e. The molecule has 1 aromatic heterocycles. The molecule has 0 bridgehead atoms. The van der Waals surface area contributed by atoms with Gasteiger partial charge in [0.2, 0.25) is 10.0 Å². The Kier molecular flexibility index (Phi) is 4.35. The van der Waals surface area contributed by atoms with Gasteiger partial charge in [-0.1, -0.05) is 24.9 Å².